The van der Waals surface area contributed by atoms with Crippen molar-refractivity contribution in [2.75, 3.05) is 11.1 Å². The minimum Gasteiger partial charge on any atom is -0.320 e. The number of carbonyl (C=O) groups is 1. The average molecular weight is 353 g/mol. The highest BCUT2D eigenvalue weighted by Gasteiger charge is 2.14. The van der Waals surface area contributed by atoms with Gasteiger partial charge in [0.15, 0.2) is 0 Å². The summed E-state index contributed by atoms with van der Waals surface area (Å²) >= 11 is 1.48. The van der Waals surface area contributed by atoms with Gasteiger partial charge in [-0.3, -0.25) is 14.9 Å². The van der Waals surface area contributed by atoms with Gasteiger partial charge >= 0.3 is 0 Å². The number of nitro benzene ring substituents is 1. The van der Waals surface area contributed by atoms with E-state index in [2.05, 4.69) is 10.3 Å². The van der Waals surface area contributed by atoms with Crippen LogP contribution in [0.1, 0.15) is 6.42 Å². The molecule has 126 valence electrons. The first-order chi connectivity index (χ1) is 12.1. The van der Waals surface area contributed by atoms with Crippen molar-refractivity contribution in [1.82, 2.24) is 4.98 Å². The maximum atomic E-state index is 12.0. The average Bonchev–Trinajstić information content (AvgIpc) is 2.62. The molecule has 0 spiro atoms. The highest BCUT2D eigenvalue weighted by molar-refractivity contribution is 7.99. The van der Waals surface area contributed by atoms with Gasteiger partial charge in [-0.1, -0.05) is 36.4 Å². The van der Waals surface area contributed by atoms with E-state index in [4.69, 9.17) is 0 Å². The van der Waals surface area contributed by atoms with Crippen LogP contribution >= 0.6 is 11.8 Å². The summed E-state index contributed by atoms with van der Waals surface area (Å²) in [5.74, 6) is 0.278. The zero-order chi connectivity index (χ0) is 17.6. The first-order valence-electron chi connectivity index (χ1n) is 7.65. The van der Waals surface area contributed by atoms with Gasteiger partial charge in [0.2, 0.25) is 5.91 Å². The molecule has 1 N–H and O–H groups in total. The van der Waals surface area contributed by atoms with Gasteiger partial charge in [-0.05, 0) is 18.2 Å². The Hall–Kier alpha value is -2.93. The second-order valence-electron chi connectivity index (χ2n) is 5.26. The number of carbonyl (C=O) groups excluding carboxylic acids is 1. The van der Waals surface area contributed by atoms with Crippen LogP contribution in [0, 0.1) is 10.1 Å². The van der Waals surface area contributed by atoms with Gasteiger partial charge < -0.3 is 5.32 Å². The monoisotopic (exact) mass is 353 g/mol. The molecule has 1 aromatic heterocycles. The molecule has 3 aromatic rings. The standard InChI is InChI=1S/C18H15N3O3S/c22-17(19-15-7-3-4-8-16(15)21(23)24)11-12-25-18-10-9-13-5-1-2-6-14(13)20-18/h1-10H,11-12H2,(H,19,22). The summed E-state index contributed by atoms with van der Waals surface area (Å²) in [5.41, 5.74) is 1.02. The van der Waals surface area contributed by atoms with Gasteiger partial charge in [0.25, 0.3) is 5.69 Å². The van der Waals surface area contributed by atoms with Crippen LogP contribution in [-0.2, 0) is 4.79 Å². The largest absolute Gasteiger partial charge is 0.320 e. The summed E-state index contributed by atoms with van der Waals surface area (Å²) in [4.78, 5) is 27.0. The number of para-hydroxylation sites is 3. The molecule has 0 atom stereocenters. The van der Waals surface area contributed by atoms with E-state index >= 15 is 0 Å². The normalized spacial score (nSPS) is 10.6. The molecule has 25 heavy (non-hydrogen) atoms. The molecular weight excluding hydrogens is 338 g/mol. The van der Waals surface area contributed by atoms with E-state index < -0.39 is 4.92 Å². The molecule has 1 heterocycles. The summed E-state index contributed by atoms with van der Waals surface area (Å²) in [6.07, 6.45) is 0.241. The Balaban J connectivity index is 1.56. The molecule has 0 unspecified atom stereocenters. The number of hydrogen-bond acceptors (Lipinski definition) is 5. The predicted molar refractivity (Wildman–Crippen MR) is 98.8 cm³/mol. The maximum absolute atomic E-state index is 12.0. The van der Waals surface area contributed by atoms with Crippen molar-refractivity contribution in [3.05, 3.63) is 70.8 Å². The quantitative estimate of drug-likeness (QED) is 0.406. The molecule has 0 saturated carbocycles. The van der Waals surface area contributed by atoms with Crippen LogP contribution in [-0.4, -0.2) is 21.6 Å². The number of aromatic nitrogens is 1. The van der Waals surface area contributed by atoms with Gasteiger partial charge in [0.05, 0.1) is 15.5 Å². The molecule has 0 fully saturated rings. The van der Waals surface area contributed by atoms with Gasteiger partial charge in [0, 0.05) is 23.6 Å². The lowest BCUT2D eigenvalue weighted by Gasteiger charge is -2.06. The number of amides is 1. The fraction of sp³-hybridized carbons (Fsp3) is 0.111. The molecule has 0 radical (unpaired) electrons. The molecule has 0 aliphatic rings. The number of nitrogens with one attached hydrogen (secondary N) is 1. The maximum Gasteiger partial charge on any atom is 0.292 e. The van der Waals surface area contributed by atoms with Gasteiger partial charge in [-0.15, -0.1) is 11.8 Å². The lowest BCUT2D eigenvalue weighted by molar-refractivity contribution is -0.383. The number of benzene rings is 2. The third kappa shape index (κ3) is 4.33. The number of nitro groups is 1. The molecule has 0 aliphatic carbocycles. The molecule has 2 aromatic carbocycles. The Morgan fingerprint density at radius 1 is 1.08 bits per heavy atom. The zero-order valence-electron chi connectivity index (χ0n) is 13.2. The van der Waals surface area contributed by atoms with Crippen LogP contribution in [0.4, 0.5) is 11.4 Å². The second-order valence-corrected chi connectivity index (χ2v) is 6.38. The first kappa shape index (κ1) is 16.9. The third-order valence-electron chi connectivity index (χ3n) is 3.53. The molecule has 0 bridgehead atoms. The van der Waals surface area contributed by atoms with Gasteiger partial charge in [-0.25, -0.2) is 4.98 Å². The van der Waals surface area contributed by atoms with Crippen molar-refractivity contribution in [3.63, 3.8) is 0 Å². The van der Waals surface area contributed by atoms with Crippen LogP contribution in [0.3, 0.4) is 0 Å². The summed E-state index contributed by atoms with van der Waals surface area (Å²) in [6, 6.07) is 17.9. The lowest BCUT2D eigenvalue weighted by atomic mass is 10.2. The number of nitrogens with zero attached hydrogens (tertiary/aromatic N) is 2. The Labute approximate surface area is 148 Å². The van der Waals surface area contributed by atoms with E-state index in [1.165, 1.54) is 23.9 Å². The van der Waals surface area contributed by atoms with Crippen molar-refractivity contribution in [1.29, 1.82) is 0 Å². The van der Waals surface area contributed by atoms with Crippen molar-refractivity contribution < 1.29 is 9.72 Å². The van der Waals surface area contributed by atoms with Crippen molar-refractivity contribution in [3.8, 4) is 0 Å². The SMILES string of the molecule is O=C(CCSc1ccc2ccccc2n1)Nc1ccccc1[N+](=O)[O-]. The Morgan fingerprint density at radius 2 is 1.84 bits per heavy atom. The zero-order valence-corrected chi connectivity index (χ0v) is 14.0. The van der Waals surface area contributed by atoms with E-state index in [1.54, 1.807) is 12.1 Å². The van der Waals surface area contributed by atoms with Crippen LogP contribution in [0.2, 0.25) is 0 Å². The van der Waals surface area contributed by atoms with E-state index in [1.807, 2.05) is 36.4 Å². The number of hydrogen-bond donors (Lipinski definition) is 1. The Kier molecular flexibility index (Phi) is 5.25. The molecular formula is C18H15N3O3S. The van der Waals surface area contributed by atoms with E-state index in [0.717, 1.165) is 15.9 Å². The third-order valence-corrected chi connectivity index (χ3v) is 4.46. The van der Waals surface area contributed by atoms with Crippen molar-refractivity contribution in [2.24, 2.45) is 0 Å². The molecule has 1 amide bonds. The predicted octanol–water partition coefficient (Wildman–Crippen LogP) is 4.26. The first-order valence-corrected chi connectivity index (χ1v) is 8.64. The number of thioether (sulfide) groups is 1. The van der Waals surface area contributed by atoms with Crippen LogP contribution in [0.5, 0.6) is 0 Å². The number of rotatable bonds is 6. The molecule has 0 aliphatic heterocycles. The van der Waals surface area contributed by atoms with E-state index in [9.17, 15) is 14.9 Å². The number of anilines is 1. The van der Waals surface area contributed by atoms with E-state index in [-0.39, 0.29) is 23.7 Å². The molecule has 7 heteroatoms. The molecule has 3 rings (SSSR count). The van der Waals surface area contributed by atoms with Gasteiger partial charge in [0.1, 0.15) is 5.69 Å². The smallest absolute Gasteiger partial charge is 0.292 e. The minimum atomic E-state index is -0.511. The highest BCUT2D eigenvalue weighted by Crippen LogP contribution is 2.24. The molecule has 6 nitrogen and oxygen atoms in total. The summed E-state index contributed by atoms with van der Waals surface area (Å²) in [5, 5.41) is 15.5. The highest BCUT2D eigenvalue weighted by atomic mass is 32.2. The van der Waals surface area contributed by atoms with Gasteiger partial charge in [-0.2, -0.15) is 0 Å². The number of pyridine rings is 1. The fourth-order valence-corrected chi connectivity index (χ4v) is 3.15. The van der Waals surface area contributed by atoms with Crippen LogP contribution in [0.25, 0.3) is 10.9 Å². The van der Waals surface area contributed by atoms with E-state index in [0.29, 0.717) is 5.75 Å². The van der Waals surface area contributed by atoms with Crippen LogP contribution < -0.4 is 5.32 Å². The van der Waals surface area contributed by atoms with Crippen molar-refractivity contribution >= 4 is 39.9 Å². The Bertz CT molecular complexity index is 930. The minimum absolute atomic E-state index is 0.111. The number of fused-ring (bicyclic) bond motifs is 1. The second kappa shape index (κ2) is 7.76. The van der Waals surface area contributed by atoms with Crippen LogP contribution in [0.15, 0.2) is 65.7 Å². The molecule has 0 saturated heterocycles. The Morgan fingerprint density at radius 3 is 2.68 bits per heavy atom. The summed E-state index contributed by atoms with van der Waals surface area (Å²) in [6.45, 7) is 0. The summed E-state index contributed by atoms with van der Waals surface area (Å²) < 4.78 is 0. The fourth-order valence-electron chi connectivity index (χ4n) is 2.33. The summed E-state index contributed by atoms with van der Waals surface area (Å²) in [7, 11) is 0. The lowest BCUT2D eigenvalue weighted by Crippen LogP contribution is -2.13. The van der Waals surface area contributed by atoms with Crippen molar-refractivity contribution in [2.45, 2.75) is 11.4 Å². The topological polar surface area (TPSA) is 85.1 Å².